The second-order valence-electron chi connectivity index (χ2n) is 5.78. The molecule has 0 spiro atoms. The van der Waals surface area contributed by atoms with Gasteiger partial charge in [-0.05, 0) is 32.2 Å². The van der Waals surface area contributed by atoms with E-state index in [4.69, 9.17) is 9.47 Å². The van der Waals surface area contributed by atoms with E-state index in [-0.39, 0.29) is 41.2 Å². The van der Waals surface area contributed by atoms with Crippen LogP contribution in [-0.2, 0) is 14.8 Å². The number of hydrogen-bond acceptors (Lipinski definition) is 6. The van der Waals surface area contributed by atoms with Crippen LogP contribution in [0.2, 0.25) is 0 Å². The lowest BCUT2D eigenvalue weighted by molar-refractivity contribution is 0.0729. The van der Waals surface area contributed by atoms with Crippen LogP contribution in [0.5, 0.6) is 5.75 Å². The quantitative estimate of drug-likeness (QED) is 0.703. The van der Waals surface area contributed by atoms with Crippen LogP contribution in [0.1, 0.15) is 17.3 Å². The molecule has 2 rings (SSSR count). The number of nitrogens with zero attached hydrogens (tertiary/aromatic N) is 1. The van der Waals surface area contributed by atoms with Crippen molar-refractivity contribution in [3.63, 3.8) is 0 Å². The van der Waals surface area contributed by atoms with Gasteiger partial charge < -0.3 is 20.1 Å². The van der Waals surface area contributed by atoms with E-state index in [9.17, 15) is 13.2 Å². The number of sulfonamides is 1. The minimum absolute atomic E-state index is 0.00813. The summed E-state index contributed by atoms with van der Waals surface area (Å²) in [5, 5.41) is 5.79. The van der Waals surface area contributed by atoms with E-state index in [1.165, 1.54) is 23.5 Å². The number of methoxy groups -OCH3 is 1. The van der Waals surface area contributed by atoms with Crippen LogP contribution in [0.4, 0.5) is 0 Å². The number of amides is 1. The van der Waals surface area contributed by atoms with Gasteiger partial charge in [0.1, 0.15) is 10.6 Å². The summed E-state index contributed by atoms with van der Waals surface area (Å²) in [7, 11) is -0.553. The van der Waals surface area contributed by atoms with Crippen LogP contribution in [0.15, 0.2) is 23.1 Å². The largest absolute Gasteiger partial charge is 0.495 e. The van der Waals surface area contributed by atoms with Crippen molar-refractivity contribution in [2.45, 2.75) is 17.9 Å². The summed E-state index contributed by atoms with van der Waals surface area (Å²) in [6.45, 7) is 3.63. The van der Waals surface area contributed by atoms with Gasteiger partial charge in [-0.15, -0.1) is 0 Å². The van der Waals surface area contributed by atoms with Crippen LogP contribution in [0.3, 0.4) is 0 Å². The number of ether oxygens (including phenoxy) is 2. The highest BCUT2D eigenvalue weighted by Gasteiger charge is 2.30. The molecule has 2 N–H and O–H groups in total. The van der Waals surface area contributed by atoms with Gasteiger partial charge in [0.15, 0.2) is 0 Å². The summed E-state index contributed by atoms with van der Waals surface area (Å²) in [6, 6.07) is 4.53. The molecule has 1 fully saturated rings. The van der Waals surface area contributed by atoms with Crippen molar-refractivity contribution in [2.75, 3.05) is 47.0 Å². The molecule has 1 saturated heterocycles. The van der Waals surface area contributed by atoms with Crippen LogP contribution < -0.4 is 15.4 Å². The highest BCUT2D eigenvalue weighted by molar-refractivity contribution is 7.89. The van der Waals surface area contributed by atoms with Gasteiger partial charge in [0.25, 0.3) is 5.91 Å². The number of rotatable bonds is 7. The molecule has 1 unspecified atom stereocenters. The van der Waals surface area contributed by atoms with Crippen molar-refractivity contribution in [2.24, 2.45) is 0 Å². The second kappa shape index (κ2) is 8.61. The Hall–Kier alpha value is -1.68. The minimum atomic E-state index is -3.76. The van der Waals surface area contributed by atoms with Gasteiger partial charge >= 0.3 is 0 Å². The zero-order valence-electron chi connectivity index (χ0n) is 14.7. The maximum Gasteiger partial charge on any atom is 0.251 e. The maximum atomic E-state index is 12.9. The third-order valence-electron chi connectivity index (χ3n) is 4.08. The first-order valence-electron chi connectivity index (χ1n) is 8.11. The predicted octanol–water partition coefficient (Wildman–Crippen LogP) is 0.0538. The Morgan fingerprint density at radius 1 is 1.36 bits per heavy atom. The zero-order chi connectivity index (χ0) is 18.4. The van der Waals surface area contributed by atoms with E-state index < -0.39 is 10.0 Å². The van der Waals surface area contributed by atoms with E-state index in [1.54, 1.807) is 13.1 Å². The summed E-state index contributed by atoms with van der Waals surface area (Å²) in [5.74, 6) is -0.116. The average molecular weight is 371 g/mol. The van der Waals surface area contributed by atoms with Crippen molar-refractivity contribution in [1.29, 1.82) is 0 Å². The lowest BCUT2D eigenvalue weighted by Crippen LogP contribution is -2.41. The molecule has 140 valence electrons. The molecular formula is C16H25N3O5S. The molecule has 0 saturated carbocycles. The van der Waals surface area contributed by atoms with Crippen LogP contribution in [0.25, 0.3) is 0 Å². The Morgan fingerprint density at radius 3 is 2.64 bits per heavy atom. The lowest BCUT2D eigenvalue weighted by Gasteiger charge is -2.26. The van der Waals surface area contributed by atoms with Crippen LogP contribution in [0, 0.1) is 0 Å². The molecule has 1 amide bonds. The molecule has 0 bridgehead atoms. The predicted molar refractivity (Wildman–Crippen MR) is 93.4 cm³/mol. The minimum Gasteiger partial charge on any atom is -0.495 e. The standard InChI is InChI=1S/C16H25N3O5S/c1-12(17-2)11-18-16(20)13-4-5-14(23-3)15(10-13)25(21,22)19-6-8-24-9-7-19/h4-5,10,12,17H,6-9,11H2,1-3H3,(H,18,20). The number of carbonyl (C=O) groups is 1. The smallest absolute Gasteiger partial charge is 0.251 e. The monoisotopic (exact) mass is 371 g/mol. The molecule has 1 aromatic rings. The second-order valence-corrected chi connectivity index (χ2v) is 7.69. The molecule has 1 atom stereocenters. The summed E-state index contributed by atoms with van der Waals surface area (Å²) in [6.07, 6.45) is 0. The summed E-state index contributed by atoms with van der Waals surface area (Å²) < 4.78 is 37.6. The molecule has 9 heteroatoms. The summed E-state index contributed by atoms with van der Waals surface area (Å²) >= 11 is 0. The van der Waals surface area contributed by atoms with Crippen LogP contribution in [-0.4, -0.2) is 71.7 Å². The first-order valence-corrected chi connectivity index (χ1v) is 9.55. The highest BCUT2D eigenvalue weighted by Crippen LogP contribution is 2.28. The zero-order valence-corrected chi connectivity index (χ0v) is 15.6. The van der Waals surface area contributed by atoms with Gasteiger partial charge in [-0.25, -0.2) is 8.42 Å². The molecule has 0 radical (unpaired) electrons. The van der Waals surface area contributed by atoms with Crippen molar-refractivity contribution < 1.29 is 22.7 Å². The normalized spacial score (nSPS) is 17.1. The van der Waals surface area contributed by atoms with E-state index in [1.807, 2.05) is 6.92 Å². The Kier molecular flexibility index (Phi) is 6.77. The molecule has 1 heterocycles. The van der Waals surface area contributed by atoms with Crippen LogP contribution >= 0.6 is 0 Å². The molecule has 0 aliphatic carbocycles. The fourth-order valence-electron chi connectivity index (χ4n) is 2.40. The molecule has 0 aromatic heterocycles. The van der Waals surface area contributed by atoms with Gasteiger partial charge in [-0.2, -0.15) is 4.31 Å². The third-order valence-corrected chi connectivity index (χ3v) is 6.00. The molecule has 25 heavy (non-hydrogen) atoms. The van der Waals surface area contributed by atoms with Crippen molar-refractivity contribution >= 4 is 15.9 Å². The molecule has 8 nitrogen and oxygen atoms in total. The molecule has 1 aliphatic heterocycles. The highest BCUT2D eigenvalue weighted by atomic mass is 32.2. The Balaban J connectivity index is 2.29. The number of carbonyl (C=O) groups excluding carboxylic acids is 1. The number of likely N-dealkylation sites (N-methyl/N-ethyl adjacent to an activating group) is 1. The average Bonchev–Trinajstić information content (AvgIpc) is 2.65. The van der Waals surface area contributed by atoms with E-state index >= 15 is 0 Å². The fraction of sp³-hybridized carbons (Fsp3) is 0.562. The first-order chi connectivity index (χ1) is 11.9. The molecular weight excluding hydrogens is 346 g/mol. The van der Waals surface area contributed by atoms with Crippen molar-refractivity contribution in [1.82, 2.24) is 14.9 Å². The number of benzene rings is 1. The van der Waals surface area contributed by atoms with Gasteiger partial charge in [0.05, 0.1) is 20.3 Å². The number of hydrogen-bond donors (Lipinski definition) is 2. The number of nitrogens with one attached hydrogen (secondary N) is 2. The Bertz CT molecular complexity index is 702. The first kappa shape index (κ1) is 19.6. The third kappa shape index (κ3) is 4.69. The van der Waals surface area contributed by atoms with Gasteiger partial charge in [0, 0.05) is 31.2 Å². The number of morpholine rings is 1. The van der Waals surface area contributed by atoms with E-state index in [2.05, 4.69) is 10.6 Å². The van der Waals surface area contributed by atoms with Crippen molar-refractivity contribution in [3.8, 4) is 5.75 Å². The SMILES string of the molecule is CNC(C)CNC(=O)c1ccc(OC)c(S(=O)(=O)N2CCOCC2)c1. The summed E-state index contributed by atoms with van der Waals surface area (Å²) in [5.41, 5.74) is 0.274. The topological polar surface area (TPSA) is 97.0 Å². The summed E-state index contributed by atoms with van der Waals surface area (Å²) in [4.78, 5) is 12.3. The van der Waals surface area contributed by atoms with E-state index in [0.29, 0.717) is 19.8 Å². The molecule has 1 aromatic carbocycles. The fourth-order valence-corrected chi connectivity index (χ4v) is 3.98. The van der Waals surface area contributed by atoms with Crippen molar-refractivity contribution in [3.05, 3.63) is 23.8 Å². The Labute approximate surface area is 148 Å². The van der Waals surface area contributed by atoms with Gasteiger partial charge in [0.2, 0.25) is 10.0 Å². The maximum absolute atomic E-state index is 12.9. The van der Waals surface area contributed by atoms with E-state index in [0.717, 1.165) is 0 Å². The lowest BCUT2D eigenvalue weighted by atomic mass is 10.2. The Morgan fingerprint density at radius 2 is 2.04 bits per heavy atom. The van der Waals surface area contributed by atoms with Gasteiger partial charge in [-0.3, -0.25) is 4.79 Å². The van der Waals surface area contributed by atoms with Gasteiger partial charge in [-0.1, -0.05) is 0 Å². The molecule has 1 aliphatic rings.